The zero-order chi connectivity index (χ0) is 26.9. The number of amides is 1. The number of ether oxygens (including phenoxy) is 1. The van der Waals surface area contributed by atoms with Gasteiger partial charge < -0.3 is 24.8 Å². The van der Waals surface area contributed by atoms with E-state index in [0.717, 1.165) is 45.2 Å². The van der Waals surface area contributed by atoms with Crippen LogP contribution in [0.5, 0.6) is 11.6 Å². The molecule has 214 valence electrons. The maximum absolute atomic E-state index is 14.2. The molecule has 4 heterocycles. The number of carbonyl (C=O) groups is 1. The van der Waals surface area contributed by atoms with E-state index in [0.29, 0.717) is 11.2 Å². The van der Waals surface area contributed by atoms with Crippen LogP contribution in [0, 0.1) is 17.2 Å². The van der Waals surface area contributed by atoms with Crippen LogP contribution >= 0.6 is 12.4 Å². The van der Waals surface area contributed by atoms with Gasteiger partial charge in [0, 0.05) is 37.1 Å². The van der Waals surface area contributed by atoms with E-state index >= 15 is 0 Å². The van der Waals surface area contributed by atoms with E-state index in [1.807, 2.05) is 27.7 Å². The number of hydrogen-bond acceptors (Lipinski definition) is 8. The number of benzene rings is 1. The van der Waals surface area contributed by atoms with Crippen molar-refractivity contribution in [3.8, 4) is 11.6 Å². The zero-order valence-corrected chi connectivity index (χ0v) is 24.2. The molecule has 3 fully saturated rings. The highest BCUT2D eigenvalue weighted by atomic mass is 35.5. The summed E-state index contributed by atoms with van der Waals surface area (Å²) in [5.74, 6) is 1.09. The molecule has 11 heteroatoms. The van der Waals surface area contributed by atoms with E-state index in [1.165, 1.54) is 50.3 Å². The fourth-order valence-corrected chi connectivity index (χ4v) is 6.28. The number of likely N-dealkylation sites (tertiary alicyclic amines) is 1. The molecule has 1 spiro atoms. The summed E-state index contributed by atoms with van der Waals surface area (Å²) in [6, 6.07) is 3.90. The lowest BCUT2D eigenvalue weighted by Gasteiger charge is -2.54. The molecule has 0 bridgehead atoms. The Kier molecular flexibility index (Phi) is 9.29. The maximum atomic E-state index is 14.2. The van der Waals surface area contributed by atoms with Gasteiger partial charge in [-0.05, 0) is 97.3 Å². The largest absolute Gasteiger partial charge is 0.434 e. The van der Waals surface area contributed by atoms with Crippen molar-refractivity contribution in [1.82, 2.24) is 30.3 Å². The van der Waals surface area contributed by atoms with Gasteiger partial charge in [-0.1, -0.05) is 0 Å². The quantitative estimate of drug-likeness (QED) is 0.518. The third-order valence-corrected chi connectivity index (χ3v) is 8.24. The monoisotopic (exact) mass is 561 g/mol. The SMILES string of the molecule is CC(C)N(C(=O)c1cc(F)ccc1Oc1nncnc1N1CC2(CCN(C[C@@H]3CCNC3)CC2)C1)C(C)C.Cl. The highest BCUT2D eigenvalue weighted by molar-refractivity contribution is 5.97. The summed E-state index contributed by atoms with van der Waals surface area (Å²) >= 11 is 0. The molecule has 0 radical (unpaired) electrons. The molecule has 5 rings (SSSR count). The Balaban J connectivity index is 0.00000353. The van der Waals surface area contributed by atoms with E-state index in [1.54, 1.807) is 4.90 Å². The Morgan fingerprint density at radius 3 is 2.56 bits per heavy atom. The smallest absolute Gasteiger partial charge is 0.282 e. The maximum Gasteiger partial charge on any atom is 0.282 e. The average Bonchev–Trinajstić information content (AvgIpc) is 3.37. The molecule has 1 N–H and O–H groups in total. The Bertz CT molecular complexity index is 1120. The Labute approximate surface area is 236 Å². The summed E-state index contributed by atoms with van der Waals surface area (Å²) in [6.45, 7) is 15.3. The number of anilines is 1. The van der Waals surface area contributed by atoms with Crippen molar-refractivity contribution in [3.05, 3.63) is 35.9 Å². The summed E-state index contributed by atoms with van der Waals surface area (Å²) in [5, 5.41) is 11.6. The van der Waals surface area contributed by atoms with Crippen LogP contribution in [0.15, 0.2) is 24.5 Å². The summed E-state index contributed by atoms with van der Waals surface area (Å²) in [4.78, 5) is 24.4. The van der Waals surface area contributed by atoms with Crippen LogP contribution in [0.1, 0.15) is 57.3 Å². The lowest BCUT2D eigenvalue weighted by atomic mass is 9.72. The normalized spacial score (nSPS) is 20.7. The van der Waals surface area contributed by atoms with Crippen molar-refractivity contribution in [3.63, 3.8) is 0 Å². The molecular weight excluding hydrogens is 521 g/mol. The minimum atomic E-state index is -0.495. The lowest BCUT2D eigenvalue weighted by Crippen LogP contribution is -2.61. The van der Waals surface area contributed by atoms with Crippen LogP contribution in [-0.4, -0.2) is 88.8 Å². The van der Waals surface area contributed by atoms with E-state index in [9.17, 15) is 9.18 Å². The third kappa shape index (κ3) is 6.44. The highest BCUT2D eigenvalue weighted by Gasteiger charge is 2.46. The van der Waals surface area contributed by atoms with Crippen LogP contribution in [0.25, 0.3) is 0 Å². The Morgan fingerprint density at radius 1 is 1.21 bits per heavy atom. The summed E-state index contributed by atoms with van der Waals surface area (Å²) < 4.78 is 20.4. The molecule has 3 saturated heterocycles. The molecule has 9 nitrogen and oxygen atoms in total. The van der Waals surface area contributed by atoms with Crippen molar-refractivity contribution in [1.29, 1.82) is 0 Å². The third-order valence-electron chi connectivity index (χ3n) is 8.24. The summed E-state index contributed by atoms with van der Waals surface area (Å²) in [5.41, 5.74) is 0.451. The molecule has 1 aromatic heterocycles. The van der Waals surface area contributed by atoms with Crippen LogP contribution in [0.3, 0.4) is 0 Å². The number of nitrogens with zero attached hydrogens (tertiary/aromatic N) is 6. The number of carbonyl (C=O) groups excluding carboxylic acids is 1. The van der Waals surface area contributed by atoms with Crippen LogP contribution < -0.4 is 15.0 Å². The Hall–Kier alpha value is -2.56. The van der Waals surface area contributed by atoms with Gasteiger partial charge in [-0.25, -0.2) is 9.37 Å². The summed E-state index contributed by atoms with van der Waals surface area (Å²) in [7, 11) is 0. The second kappa shape index (κ2) is 12.3. The molecule has 1 aromatic carbocycles. The fraction of sp³-hybridized carbons (Fsp3) is 0.643. The fourth-order valence-electron chi connectivity index (χ4n) is 6.28. The van der Waals surface area contributed by atoms with Gasteiger partial charge in [-0.15, -0.1) is 22.6 Å². The predicted octanol–water partition coefficient (Wildman–Crippen LogP) is 4.00. The first-order valence-electron chi connectivity index (χ1n) is 13.9. The van der Waals surface area contributed by atoms with Gasteiger partial charge in [0.15, 0.2) is 5.82 Å². The first-order valence-corrected chi connectivity index (χ1v) is 13.9. The molecule has 39 heavy (non-hydrogen) atoms. The van der Waals surface area contributed by atoms with Gasteiger partial charge in [0.1, 0.15) is 17.9 Å². The predicted molar refractivity (Wildman–Crippen MR) is 151 cm³/mol. The van der Waals surface area contributed by atoms with Crippen molar-refractivity contribution in [2.24, 2.45) is 11.3 Å². The van der Waals surface area contributed by atoms with Crippen LogP contribution in [-0.2, 0) is 0 Å². The first-order chi connectivity index (χ1) is 18.2. The number of rotatable bonds is 8. The van der Waals surface area contributed by atoms with E-state index < -0.39 is 5.82 Å². The summed E-state index contributed by atoms with van der Waals surface area (Å²) in [6.07, 6.45) is 5.05. The Morgan fingerprint density at radius 2 is 1.92 bits per heavy atom. The standard InChI is InChI=1S/C28H40FN7O2.ClH/c1-19(2)36(20(3)4)27(37)23-13-22(29)5-6-24(23)38-26-25(31-18-32-33-26)35-16-28(17-35)8-11-34(12-9-28)15-21-7-10-30-14-21;/h5-6,13,18-21,30H,7-12,14-17H2,1-4H3;1H/t21-;/m1./s1. The lowest BCUT2D eigenvalue weighted by molar-refractivity contribution is 0.0640. The van der Waals surface area contributed by atoms with E-state index in [-0.39, 0.29) is 47.6 Å². The molecule has 3 aliphatic rings. The van der Waals surface area contributed by atoms with Crippen molar-refractivity contribution < 1.29 is 13.9 Å². The number of nitrogens with one attached hydrogen (secondary N) is 1. The van der Waals surface area contributed by atoms with Gasteiger partial charge >= 0.3 is 0 Å². The van der Waals surface area contributed by atoms with Gasteiger partial charge in [0.2, 0.25) is 0 Å². The zero-order valence-electron chi connectivity index (χ0n) is 23.4. The molecule has 0 saturated carbocycles. The minimum absolute atomic E-state index is 0. The van der Waals surface area contributed by atoms with Crippen LogP contribution in [0.4, 0.5) is 10.2 Å². The first kappa shape index (κ1) is 29.4. The molecular formula is C28H41ClFN7O2. The average molecular weight is 562 g/mol. The van der Waals surface area contributed by atoms with Gasteiger partial charge in [-0.2, -0.15) is 0 Å². The molecule has 0 unspecified atom stereocenters. The van der Waals surface area contributed by atoms with E-state index in [4.69, 9.17) is 4.74 Å². The van der Waals surface area contributed by atoms with Crippen molar-refractivity contribution >= 4 is 24.1 Å². The van der Waals surface area contributed by atoms with Crippen molar-refractivity contribution in [2.45, 2.75) is 59.0 Å². The molecule has 1 amide bonds. The second-order valence-electron chi connectivity index (χ2n) is 11.7. The molecule has 2 aromatic rings. The molecule has 0 aliphatic carbocycles. The van der Waals surface area contributed by atoms with Gasteiger partial charge in [0.25, 0.3) is 11.8 Å². The number of halogens is 2. The van der Waals surface area contributed by atoms with Crippen molar-refractivity contribution in [2.75, 3.05) is 50.7 Å². The molecule has 3 aliphatic heterocycles. The number of aromatic nitrogens is 3. The minimum Gasteiger partial charge on any atom is -0.434 e. The highest BCUT2D eigenvalue weighted by Crippen LogP contribution is 2.44. The number of piperidine rings is 1. The number of hydrogen-bond donors (Lipinski definition) is 1. The topological polar surface area (TPSA) is 86.7 Å². The van der Waals surface area contributed by atoms with E-state index in [2.05, 4.69) is 30.3 Å². The molecule has 1 atom stereocenters. The van der Waals surface area contributed by atoms with Gasteiger partial charge in [0.05, 0.1) is 5.56 Å². The van der Waals surface area contributed by atoms with Gasteiger partial charge in [-0.3, -0.25) is 4.79 Å². The second-order valence-corrected chi connectivity index (χ2v) is 11.7. The van der Waals surface area contributed by atoms with Crippen LogP contribution in [0.2, 0.25) is 0 Å².